The number of amides is 1. The Hall–Kier alpha value is -3.31. The molecule has 0 aromatic carbocycles. The van der Waals surface area contributed by atoms with Crippen LogP contribution in [-0.2, 0) is 4.84 Å². The highest BCUT2D eigenvalue weighted by Crippen LogP contribution is 2.38. The molecule has 3 aliphatic heterocycles. The molecule has 2 bridgehead atoms. The fourth-order valence-corrected chi connectivity index (χ4v) is 4.21. The molecular weight excluding hydrogens is 393 g/mol. The van der Waals surface area contributed by atoms with Crippen LogP contribution in [0, 0.1) is 5.82 Å². The molecule has 30 heavy (non-hydrogen) atoms. The summed E-state index contributed by atoms with van der Waals surface area (Å²) in [6, 6.07) is 2.55. The van der Waals surface area contributed by atoms with Gasteiger partial charge in [0.2, 0.25) is 5.88 Å². The molecular formula is C19H18FN7O3. The molecule has 0 saturated carbocycles. The minimum Gasteiger partial charge on any atom is -0.470 e. The van der Waals surface area contributed by atoms with E-state index in [-0.39, 0.29) is 24.1 Å². The molecule has 2 N–H and O–H groups in total. The maximum Gasteiger partial charge on any atom is 0.257 e. The average Bonchev–Trinajstić information content (AvgIpc) is 3.48. The van der Waals surface area contributed by atoms with Gasteiger partial charge in [0.05, 0.1) is 31.1 Å². The van der Waals surface area contributed by atoms with E-state index in [0.29, 0.717) is 54.6 Å². The molecule has 3 aromatic rings. The molecule has 0 radical (unpaired) electrons. The fourth-order valence-electron chi connectivity index (χ4n) is 4.21. The lowest BCUT2D eigenvalue weighted by molar-refractivity contribution is 0.0902. The van der Waals surface area contributed by atoms with Crippen LogP contribution in [-0.4, -0.2) is 57.3 Å². The summed E-state index contributed by atoms with van der Waals surface area (Å²) in [4.78, 5) is 27.6. The zero-order chi connectivity index (χ0) is 20.2. The number of hydrogen-bond donors (Lipinski definition) is 2. The SMILES string of the molecule is O=C1N[C@@H]2CNC[C@@H]2Oc2ncc(F)cc2[C@H]2CCON2c2ccn3ncc1c3n2. The van der Waals surface area contributed by atoms with E-state index in [1.54, 1.807) is 21.8 Å². The number of fused-ring (bicyclic) bond motifs is 6. The van der Waals surface area contributed by atoms with Gasteiger partial charge in [-0.25, -0.2) is 23.9 Å². The van der Waals surface area contributed by atoms with Crippen LogP contribution in [0.3, 0.4) is 0 Å². The van der Waals surface area contributed by atoms with E-state index in [0.717, 1.165) is 6.20 Å². The third-order valence-electron chi connectivity index (χ3n) is 5.67. The second-order valence-electron chi connectivity index (χ2n) is 7.52. The lowest BCUT2D eigenvalue weighted by Gasteiger charge is -2.26. The Morgan fingerprint density at radius 2 is 2.20 bits per heavy atom. The number of nitrogens with zero attached hydrogens (tertiary/aromatic N) is 5. The Bertz CT molecular complexity index is 1150. The topological polar surface area (TPSA) is 106 Å². The smallest absolute Gasteiger partial charge is 0.257 e. The highest BCUT2D eigenvalue weighted by molar-refractivity contribution is 6.00. The summed E-state index contributed by atoms with van der Waals surface area (Å²) in [6.07, 6.45) is 4.60. The van der Waals surface area contributed by atoms with Crippen molar-refractivity contribution in [3.63, 3.8) is 0 Å². The second-order valence-corrected chi connectivity index (χ2v) is 7.52. The number of rotatable bonds is 0. The summed E-state index contributed by atoms with van der Waals surface area (Å²) in [5.41, 5.74) is 1.36. The Labute approximate surface area is 170 Å². The van der Waals surface area contributed by atoms with Crippen LogP contribution >= 0.6 is 0 Å². The minimum absolute atomic E-state index is 0.285. The van der Waals surface area contributed by atoms with Gasteiger partial charge in [0, 0.05) is 37.3 Å². The first-order valence-electron chi connectivity index (χ1n) is 9.77. The zero-order valence-corrected chi connectivity index (χ0v) is 15.8. The van der Waals surface area contributed by atoms with E-state index in [1.807, 2.05) is 0 Å². The van der Waals surface area contributed by atoms with Gasteiger partial charge in [-0.3, -0.25) is 9.63 Å². The molecule has 0 aliphatic carbocycles. The highest BCUT2D eigenvalue weighted by atomic mass is 19.1. The lowest BCUT2D eigenvalue weighted by atomic mass is 10.1. The first kappa shape index (κ1) is 17.5. The van der Waals surface area contributed by atoms with Crippen LogP contribution in [0.5, 0.6) is 5.88 Å². The third kappa shape index (κ3) is 2.70. The van der Waals surface area contributed by atoms with Crippen LogP contribution in [0.4, 0.5) is 10.2 Å². The quantitative estimate of drug-likeness (QED) is 0.554. The van der Waals surface area contributed by atoms with Gasteiger partial charge in [0.1, 0.15) is 17.5 Å². The van der Waals surface area contributed by atoms with Crippen molar-refractivity contribution < 1.29 is 18.8 Å². The third-order valence-corrected chi connectivity index (χ3v) is 5.67. The van der Waals surface area contributed by atoms with Crippen molar-refractivity contribution in [2.75, 3.05) is 24.8 Å². The zero-order valence-electron chi connectivity index (χ0n) is 15.8. The normalized spacial score (nSPS) is 25.6. The molecule has 6 heterocycles. The molecule has 3 aromatic heterocycles. The van der Waals surface area contributed by atoms with Crippen molar-refractivity contribution in [3.8, 4) is 5.88 Å². The van der Waals surface area contributed by atoms with Crippen molar-refractivity contribution in [3.05, 3.63) is 47.7 Å². The van der Waals surface area contributed by atoms with Crippen molar-refractivity contribution in [1.82, 2.24) is 30.2 Å². The van der Waals surface area contributed by atoms with Crippen LogP contribution in [0.1, 0.15) is 28.4 Å². The summed E-state index contributed by atoms with van der Waals surface area (Å²) >= 11 is 0. The van der Waals surface area contributed by atoms with E-state index in [2.05, 4.69) is 25.7 Å². The van der Waals surface area contributed by atoms with Crippen LogP contribution < -0.4 is 20.4 Å². The Kier molecular flexibility index (Phi) is 3.86. The maximum absolute atomic E-state index is 14.1. The summed E-state index contributed by atoms with van der Waals surface area (Å²) in [6.45, 7) is 1.51. The largest absolute Gasteiger partial charge is 0.470 e. The molecule has 1 amide bonds. The van der Waals surface area contributed by atoms with Gasteiger partial charge < -0.3 is 15.4 Å². The van der Waals surface area contributed by atoms with Crippen molar-refractivity contribution in [2.45, 2.75) is 24.6 Å². The van der Waals surface area contributed by atoms with Gasteiger partial charge in [-0.2, -0.15) is 5.10 Å². The Balaban J connectivity index is 1.55. The van der Waals surface area contributed by atoms with Crippen molar-refractivity contribution in [1.29, 1.82) is 0 Å². The van der Waals surface area contributed by atoms with Gasteiger partial charge >= 0.3 is 0 Å². The minimum atomic E-state index is -0.454. The highest BCUT2D eigenvalue weighted by Gasteiger charge is 2.36. The number of carbonyl (C=O) groups excluding carboxylic acids is 1. The predicted octanol–water partition coefficient (Wildman–Crippen LogP) is 0.609. The molecule has 11 heteroatoms. The Morgan fingerprint density at radius 3 is 3.13 bits per heavy atom. The van der Waals surface area contributed by atoms with Crippen LogP contribution in [0.2, 0.25) is 0 Å². The first-order valence-corrected chi connectivity index (χ1v) is 9.77. The van der Waals surface area contributed by atoms with Gasteiger partial charge in [0.15, 0.2) is 11.5 Å². The monoisotopic (exact) mass is 411 g/mol. The van der Waals surface area contributed by atoms with Crippen molar-refractivity contribution >= 4 is 17.4 Å². The Morgan fingerprint density at radius 1 is 1.27 bits per heavy atom. The lowest BCUT2D eigenvalue weighted by Crippen LogP contribution is -2.45. The van der Waals surface area contributed by atoms with E-state index in [4.69, 9.17) is 9.57 Å². The van der Waals surface area contributed by atoms with E-state index in [1.165, 1.54) is 12.3 Å². The molecule has 3 atom stereocenters. The molecule has 3 aliphatic rings. The first-order chi connectivity index (χ1) is 14.7. The van der Waals surface area contributed by atoms with Gasteiger partial charge in [-0.1, -0.05) is 0 Å². The molecule has 2 saturated heterocycles. The summed E-state index contributed by atoms with van der Waals surface area (Å²) in [5, 5.41) is 12.1. The number of pyridine rings is 1. The molecule has 6 rings (SSSR count). The standard InChI is InChI=1S/C19H18FN7O3/c20-10-5-11-14-2-4-29-27(14)16-1-3-26-17(25-16)12(7-23-26)18(28)24-13-8-21-9-15(13)30-19(11)22-6-10/h1,3,5-7,13-15,21H,2,4,8-9H2,(H,24,28)/t13-,14-,15+/m1/s1. The molecule has 0 unspecified atom stereocenters. The van der Waals surface area contributed by atoms with Gasteiger partial charge in [-0.15, -0.1) is 0 Å². The summed E-state index contributed by atoms with van der Waals surface area (Å²) in [5.74, 6) is 0.0795. The number of halogens is 1. The fraction of sp³-hybridized carbons (Fsp3) is 0.368. The average molecular weight is 411 g/mol. The van der Waals surface area contributed by atoms with E-state index in [9.17, 15) is 9.18 Å². The second kappa shape index (κ2) is 6.61. The van der Waals surface area contributed by atoms with E-state index < -0.39 is 5.82 Å². The molecule has 154 valence electrons. The number of ether oxygens (including phenoxy) is 1. The molecule has 2 fully saturated rings. The number of anilines is 1. The van der Waals surface area contributed by atoms with Gasteiger partial charge in [-0.05, 0) is 6.07 Å². The van der Waals surface area contributed by atoms with Crippen LogP contribution in [0.25, 0.3) is 5.65 Å². The summed E-state index contributed by atoms with van der Waals surface area (Å²) in [7, 11) is 0. The summed E-state index contributed by atoms with van der Waals surface area (Å²) < 4.78 is 21.9. The number of hydroxylamine groups is 1. The molecule has 0 spiro atoms. The molecule has 10 nitrogen and oxygen atoms in total. The predicted molar refractivity (Wildman–Crippen MR) is 102 cm³/mol. The van der Waals surface area contributed by atoms with E-state index >= 15 is 0 Å². The number of hydrogen-bond acceptors (Lipinski definition) is 8. The number of carbonyl (C=O) groups is 1. The van der Waals surface area contributed by atoms with Crippen molar-refractivity contribution in [2.24, 2.45) is 0 Å². The number of nitrogens with one attached hydrogen (secondary N) is 2. The maximum atomic E-state index is 14.1. The van der Waals surface area contributed by atoms with Gasteiger partial charge in [0.25, 0.3) is 5.91 Å². The van der Waals surface area contributed by atoms with Crippen LogP contribution in [0.15, 0.2) is 30.7 Å². The number of aromatic nitrogens is 4.